The molecule has 0 bridgehead atoms. The highest BCUT2D eigenvalue weighted by atomic mass is 32.2. The number of hydrogen-bond donors (Lipinski definition) is 2. The zero-order valence-electron chi connectivity index (χ0n) is 13.0. The molecule has 1 unspecified atom stereocenters. The van der Waals surface area contributed by atoms with Gasteiger partial charge < -0.3 is 5.11 Å². The van der Waals surface area contributed by atoms with Crippen molar-refractivity contribution >= 4 is 10.0 Å². The van der Waals surface area contributed by atoms with Gasteiger partial charge >= 0.3 is 0 Å². The van der Waals surface area contributed by atoms with E-state index in [2.05, 4.69) is 4.72 Å². The van der Waals surface area contributed by atoms with Crippen LogP contribution < -0.4 is 4.72 Å². The van der Waals surface area contributed by atoms with Gasteiger partial charge in [0.15, 0.2) is 0 Å². The first-order valence-electron chi connectivity index (χ1n) is 7.49. The van der Waals surface area contributed by atoms with E-state index in [1.165, 1.54) is 5.56 Å². The Bertz CT molecular complexity index is 602. The van der Waals surface area contributed by atoms with Gasteiger partial charge in [-0.3, -0.25) is 0 Å². The second-order valence-corrected chi connectivity index (χ2v) is 8.55. The van der Waals surface area contributed by atoms with E-state index in [0.717, 1.165) is 24.8 Å². The number of rotatable bonds is 5. The third kappa shape index (κ3) is 3.84. The van der Waals surface area contributed by atoms with Gasteiger partial charge in [0, 0.05) is 12.6 Å². The molecular formula is C16H25NO3S. The molecule has 0 radical (unpaired) electrons. The van der Waals surface area contributed by atoms with Crippen LogP contribution in [0.25, 0.3) is 0 Å². The van der Waals surface area contributed by atoms with E-state index in [4.69, 9.17) is 5.11 Å². The molecule has 0 amide bonds. The van der Waals surface area contributed by atoms with Gasteiger partial charge in [0.2, 0.25) is 10.0 Å². The van der Waals surface area contributed by atoms with E-state index in [-0.39, 0.29) is 18.1 Å². The van der Waals surface area contributed by atoms with E-state index in [9.17, 15) is 8.42 Å². The number of aliphatic hydroxyl groups is 1. The second-order valence-electron chi connectivity index (χ2n) is 6.84. The van der Waals surface area contributed by atoms with Crippen LogP contribution in [0.3, 0.4) is 0 Å². The van der Waals surface area contributed by atoms with Gasteiger partial charge in [-0.2, -0.15) is 0 Å². The molecule has 1 aromatic carbocycles. The fraction of sp³-hybridized carbons (Fsp3) is 0.625. The summed E-state index contributed by atoms with van der Waals surface area (Å²) < 4.78 is 27.9. The maximum absolute atomic E-state index is 12.6. The summed E-state index contributed by atoms with van der Waals surface area (Å²) in [7, 11) is -3.55. The molecule has 21 heavy (non-hydrogen) atoms. The fourth-order valence-corrected chi connectivity index (χ4v) is 4.30. The van der Waals surface area contributed by atoms with Crippen molar-refractivity contribution in [2.45, 2.75) is 57.4 Å². The number of fused-ring (bicyclic) bond motifs is 1. The molecule has 1 atom stereocenters. The Morgan fingerprint density at radius 1 is 1.24 bits per heavy atom. The Labute approximate surface area is 127 Å². The van der Waals surface area contributed by atoms with Crippen molar-refractivity contribution in [3.05, 3.63) is 29.3 Å². The summed E-state index contributed by atoms with van der Waals surface area (Å²) in [4.78, 5) is 0.329. The number of sulfonamides is 1. The van der Waals surface area contributed by atoms with Crippen LogP contribution in [0, 0.1) is 5.41 Å². The van der Waals surface area contributed by atoms with Crippen molar-refractivity contribution in [3.8, 4) is 0 Å². The molecule has 0 fully saturated rings. The first-order chi connectivity index (χ1) is 9.74. The van der Waals surface area contributed by atoms with Crippen molar-refractivity contribution in [2.24, 2.45) is 5.41 Å². The molecule has 1 aliphatic carbocycles. The highest BCUT2D eigenvalue weighted by Crippen LogP contribution is 2.27. The van der Waals surface area contributed by atoms with Gasteiger partial charge in [-0.1, -0.05) is 26.8 Å². The van der Waals surface area contributed by atoms with Crippen LogP contribution in [0.2, 0.25) is 0 Å². The third-order valence-corrected chi connectivity index (χ3v) is 5.61. The molecule has 1 aromatic rings. The van der Waals surface area contributed by atoms with Gasteiger partial charge in [0.05, 0.1) is 4.90 Å². The molecule has 2 rings (SSSR count). The normalized spacial score (nSPS) is 16.8. The summed E-state index contributed by atoms with van der Waals surface area (Å²) in [6.45, 7) is 5.88. The summed E-state index contributed by atoms with van der Waals surface area (Å²) in [6, 6.07) is 5.12. The van der Waals surface area contributed by atoms with Gasteiger partial charge in [-0.25, -0.2) is 13.1 Å². The SMILES string of the molecule is CC(C)(C)C(CCO)NS(=O)(=O)c1ccc2c(c1)CCC2. The Kier molecular flexibility index (Phi) is 4.76. The van der Waals surface area contributed by atoms with E-state index >= 15 is 0 Å². The Hall–Kier alpha value is -0.910. The minimum atomic E-state index is -3.55. The topological polar surface area (TPSA) is 66.4 Å². The molecule has 2 N–H and O–H groups in total. The third-order valence-electron chi connectivity index (χ3n) is 4.14. The van der Waals surface area contributed by atoms with Crippen LogP contribution in [0.4, 0.5) is 0 Å². The summed E-state index contributed by atoms with van der Waals surface area (Å²) in [5, 5.41) is 9.16. The Balaban J connectivity index is 2.25. The fourth-order valence-electron chi connectivity index (χ4n) is 2.77. The average Bonchev–Trinajstić information content (AvgIpc) is 2.84. The minimum absolute atomic E-state index is 0.0331. The lowest BCUT2D eigenvalue weighted by molar-refractivity contribution is 0.214. The zero-order chi connectivity index (χ0) is 15.7. The highest BCUT2D eigenvalue weighted by molar-refractivity contribution is 7.89. The summed E-state index contributed by atoms with van der Waals surface area (Å²) in [5.74, 6) is 0. The molecule has 0 aliphatic heterocycles. The summed E-state index contributed by atoms with van der Waals surface area (Å²) in [5.41, 5.74) is 2.16. The lowest BCUT2D eigenvalue weighted by Gasteiger charge is -2.30. The van der Waals surface area contributed by atoms with Crippen LogP contribution in [0.15, 0.2) is 23.1 Å². The average molecular weight is 311 g/mol. The van der Waals surface area contributed by atoms with Crippen molar-refractivity contribution in [1.29, 1.82) is 0 Å². The van der Waals surface area contributed by atoms with Crippen molar-refractivity contribution < 1.29 is 13.5 Å². The maximum Gasteiger partial charge on any atom is 0.240 e. The zero-order valence-corrected chi connectivity index (χ0v) is 13.8. The highest BCUT2D eigenvalue weighted by Gasteiger charge is 2.29. The number of benzene rings is 1. The molecule has 4 nitrogen and oxygen atoms in total. The lowest BCUT2D eigenvalue weighted by Crippen LogP contribution is -2.44. The van der Waals surface area contributed by atoms with E-state index in [1.807, 2.05) is 26.8 Å². The van der Waals surface area contributed by atoms with E-state index in [0.29, 0.717) is 11.3 Å². The maximum atomic E-state index is 12.6. The molecule has 0 saturated carbocycles. The number of aryl methyl sites for hydroxylation is 2. The van der Waals surface area contributed by atoms with Gasteiger partial charge in [-0.05, 0) is 54.4 Å². The molecule has 0 aromatic heterocycles. The van der Waals surface area contributed by atoms with Crippen LogP contribution in [0.5, 0.6) is 0 Å². The predicted molar refractivity (Wildman–Crippen MR) is 83.7 cm³/mol. The van der Waals surface area contributed by atoms with Crippen LogP contribution in [0.1, 0.15) is 44.7 Å². The number of nitrogens with one attached hydrogen (secondary N) is 1. The van der Waals surface area contributed by atoms with E-state index in [1.54, 1.807) is 12.1 Å². The Morgan fingerprint density at radius 3 is 2.52 bits per heavy atom. The summed E-state index contributed by atoms with van der Waals surface area (Å²) >= 11 is 0. The summed E-state index contributed by atoms with van der Waals surface area (Å²) in [6.07, 6.45) is 3.51. The molecule has 0 spiro atoms. The first-order valence-corrected chi connectivity index (χ1v) is 8.97. The molecule has 1 aliphatic rings. The number of hydrogen-bond acceptors (Lipinski definition) is 3. The second kappa shape index (κ2) is 6.07. The minimum Gasteiger partial charge on any atom is -0.396 e. The first kappa shape index (κ1) is 16.5. The Morgan fingerprint density at radius 2 is 1.90 bits per heavy atom. The van der Waals surface area contributed by atoms with Crippen molar-refractivity contribution in [2.75, 3.05) is 6.61 Å². The smallest absolute Gasteiger partial charge is 0.240 e. The number of aliphatic hydroxyl groups excluding tert-OH is 1. The molecule has 5 heteroatoms. The standard InChI is InChI=1S/C16H25NO3S/c1-16(2,3)15(9-10-18)17-21(19,20)14-8-7-12-5-4-6-13(12)11-14/h7-8,11,15,17-18H,4-6,9-10H2,1-3H3. The van der Waals surface area contributed by atoms with Crippen LogP contribution in [-0.4, -0.2) is 26.2 Å². The largest absolute Gasteiger partial charge is 0.396 e. The van der Waals surface area contributed by atoms with Crippen LogP contribution >= 0.6 is 0 Å². The molecular weight excluding hydrogens is 286 g/mol. The van der Waals surface area contributed by atoms with Gasteiger partial charge in [-0.15, -0.1) is 0 Å². The predicted octanol–water partition coefficient (Wildman–Crippen LogP) is 2.25. The van der Waals surface area contributed by atoms with Gasteiger partial charge in [0.1, 0.15) is 0 Å². The van der Waals surface area contributed by atoms with Crippen molar-refractivity contribution in [1.82, 2.24) is 4.72 Å². The molecule has 118 valence electrons. The monoisotopic (exact) mass is 311 g/mol. The van der Waals surface area contributed by atoms with E-state index < -0.39 is 10.0 Å². The van der Waals surface area contributed by atoms with Gasteiger partial charge in [0.25, 0.3) is 0 Å². The quantitative estimate of drug-likeness (QED) is 0.876. The molecule has 0 heterocycles. The lowest BCUT2D eigenvalue weighted by atomic mass is 9.86. The van der Waals surface area contributed by atoms with Crippen LogP contribution in [-0.2, 0) is 22.9 Å². The van der Waals surface area contributed by atoms with Crippen molar-refractivity contribution in [3.63, 3.8) is 0 Å². The molecule has 0 saturated heterocycles.